The van der Waals surface area contributed by atoms with E-state index >= 15 is 0 Å². The molecule has 0 aliphatic carbocycles. The fourth-order valence-corrected chi connectivity index (χ4v) is 3.67. The number of rotatable bonds is 8. The summed E-state index contributed by atoms with van der Waals surface area (Å²) in [7, 11) is 3.16. The predicted molar refractivity (Wildman–Crippen MR) is 126 cm³/mol. The Hall–Kier alpha value is -4.53. The summed E-state index contributed by atoms with van der Waals surface area (Å²) in [6, 6.07) is 17.5. The normalized spacial score (nSPS) is 10.8. The number of phenolic OH excluding ortho intramolecular Hbond substituents is 2. The van der Waals surface area contributed by atoms with Gasteiger partial charge in [-0.1, -0.05) is 12.1 Å². The Labute approximate surface area is 196 Å². The fraction of sp³-hybridized carbons (Fsp3) is 0.160. The van der Waals surface area contributed by atoms with Crippen LogP contribution in [0.3, 0.4) is 0 Å². The molecule has 9 nitrogen and oxygen atoms in total. The van der Waals surface area contributed by atoms with Crippen molar-refractivity contribution in [3.05, 3.63) is 77.6 Å². The van der Waals surface area contributed by atoms with E-state index in [-0.39, 0.29) is 23.1 Å². The van der Waals surface area contributed by atoms with Gasteiger partial charge in [0.25, 0.3) is 5.91 Å². The van der Waals surface area contributed by atoms with Crippen LogP contribution < -0.4 is 15.2 Å². The van der Waals surface area contributed by atoms with Gasteiger partial charge in [0.1, 0.15) is 23.0 Å². The predicted octanol–water partition coefficient (Wildman–Crippen LogP) is 3.25. The number of primary amides is 1. The first-order valence-electron chi connectivity index (χ1n) is 10.5. The van der Waals surface area contributed by atoms with Crippen molar-refractivity contribution in [3.63, 3.8) is 0 Å². The van der Waals surface area contributed by atoms with Gasteiger partial charge < -0.3 is 25.4 Å². The summed E-state index contributed by atoms with van der Waals surface area (Å²) in [5.74, 6) is 0.500. The number of aromatic hydroxyl groups is 2. The van der Waals surface area contributed by atoms with E-state index in [1.807, 2.05) is 24.3 Å². The minimum absolute atomic E-state index is 0.0413. The number of methoxy groups -OCH3 is 2. The minimum Gasteiger partial charge on any atom is -0.508 e. The van der Waals surface area contributed by atoms with E-state index in [2.05, 4.69) is 10.2 Å². The lowest BCUT2D eigenvalue weighted by Gasteiger charge is -2.13. The Kier molecular flexibility index (Phi) is 6.35. The molecule has 0 saturated carbocycles. The van der Waals surface area contributed by atoms with E-state index in [1.165, 1.54) is 10.6 Å². The summed E-state index contributed by atoms with van der Waals surface area (Å²) in [5, 5.41) is 29.1. The highest BCUT2D eigenvalue weighted by molar-refractivity contribution is 5.90. The largest absolute Gasteiger partial charge is 0.508 e. The third-order valence-electron chi connectivity index (χ3n) is 5.49. The maximum Gasteiger partial charge on any atom is 0.287 e. The fourth-order valence-electron chi connectivity index (χ4n) is 3.67. The smallest absolute Gasteiger partial charge is 0.287 e. The molecule has 1 heterocycles. The average Bonchev–Trinajstić information content (AvgIpc) is 3.29. The van der Waals surface area contributed by atoms with Crippen molar-refractivity contribution >= 4 is 5.91 Å². The summed E-state index contributed by atoms with van der Waals surface area (Å²) >= 11 is 0. The van der Waals surface area contributed by atoms with E-state index in [0.717, 1.165) is 11.3 Å². The van der Waals surface area contributed by atoms with Gasteiger partial charge in [-0.3, -0.25) is 9.36 Å². The molecular formula is C25H24N4O5. The molecule has 1 amide bonds. The number of benzene rings is 3. The van der Waals surface area contributed by atoms with Crippen molar-refractivity contribution < 1.29 is 24.5 Å². The first-order valence-corrected chi connectivity index (χ1v) is 10.5. The van der Waals surface area contributed by atoms with E-state index in [0.29, 0.717) is 35.4 Å². The average molecular weight is 460 g/mol. The Bertz CT molecular complexity index is 1310. The third kappa shape index (κ3) is 4.49. The molecule has 34 heavy (non-hydrogen) atoms. The highest BCUT2D eigenvalue weighted by Crippen LogP contribution is 2.36. The number of hydrogen-bond acceptors (Lipinski definition) is 7. The highest BCUT2D eigenvalue weighted by atomic mass is 16.5. The number of ether oxygens (including phenoxy) is 2. The van der Waals surface area contributed by atoms with Crippen molar-refractivity contribution in [3.8, 4) is 40.1 Å². The van der Waals surface area contributed by atoms with Crippen LogP contribution in [-0.4, -0.2) is 45.1 Å². The van der Waals surface area contributed by atoms with E-state index in [9.17, 15) is 15.0 Å². The molecular weight excluding hydrogens is 436 g/mol. The molecule has 1 aromatic heterocycles. The summed E-state index contributed by atoms with van der Waals surface area (Å²) in [4.78, 5) is 12.0. The number of aromatic nitrogens is 3. The lowest BCUT2D eigenvalue weighted by Crippen LogP contribution is -2.17. The van der Waals surface area contributed by atoms with Gasteiger partial charge in [-0.05, 0) is 66.4 Å². The number of carbonyl (C=O) groups excluding carboxylic acids is 1. The van der Waals surface area contributed by atoms with Gasteiger partial charge in [0.2, 0.25) is 5.82 Å². The summed E-state index contributed by atoms with van der Waals surface area (Å²) < 4.78 is 11.8. The Balaban J connectivity index is 1.73. The number of phenols is 2. The molecule has 0 spiro atoms. The van der Waals surface area contributed by atoms with Crippen LogP contribution >= 0.6 is 0 Å². The topological polar surface area (TPSA) is 133 Å². The van der Waals surface area contributed by atoms with Crippen molar-refractivity contribution in [2.45, 2.75) is 12.8 Å². The number of nitrogens with two attached hydrogens (primary N) is 1. The van der Waals surface area contributed by atoms with Crippen LogP contribution in [0.4, 0.5) is 0 Å². The number of nitrogens with zero attached hydrogens (tertiary/aromatic N) is 3. The lowest BCUT2D eigenvalue weighted by atomic mass is 10.0. The monoisotopic (exact) mass is 460 g/mol. The highest BCUT2D eigenvalue weighted by Gasteiger charge is 2.22. The number of aryl methyl sites for hydroxylation is 2. The summed E-state index contributed by atoms with van der Waals surface area (Å²) in [5.41, 5.74) is 8.05. The quantitative estimate of drug-likeness (QED) is 0.368. The number of hydrogen-bond donors (Lipinski definition) is 3. The molecule has 0 atom stereocenters. The second kappa shape index (κ2) is 9.53. The van der Waals surface area contributed by atoms with Gasteiger partial charge in [-0.15, -0.1) is 10.2 Å². The van der Waals surface area contributed by atoms with Crippen LogP contribution in [0.25, 0.3) is 17.1 Å². The molecule has 0 radical (unpaired) electrons. The first-order chi connectivity index (χ1) is 16.4. The van der Waals surface area contributed by atoms with Gasteiger partial charge in [0.05, 0.1) is 19.8 Å². The van der Waals surface area contributed by atoms with Gasteiger partial charge >= 0.3 is 0 Å². The van der Waals surface area contributed by atoms with E-state index in [4.69, 9.17) is 15.2 Å². The minimum atomic E-state index is -0.771. The van der Waals surface area contributed by atoms with Crippen LogP contribution in [0.15, 0.2) is 60.7 Å². The SMILES string of the molecule is COc1ccc(CCc2cc(-c3nnc(C(N)=O)n3-c3ccc(OC)cc3)c(O)cc2O)cc1. The van der Waals surface area contributed by atoms with Crippen LogP contribution in [0.1, 0.15) is 21.7 Å². The van der Waals surface area contributed by atoms with Crippen molar-refractivity contribution in [2.75, 3.05) is 14.2 Å². The Morgan fingerprint density at radius 3 is 2.09 bits per heavy atom. The summed E-state index contributed by atoms with van der Waals surface area (Å²) in [6.45, 7) is 0. The molecule has 0 aliphatic heterocycles. The van der Waals surface area contributed by atoms with Gasteiger partial charge in [0.15, 0.2) is 5.82 Å². The number of amides is 1. The van der Waals surface area contributed by atoms with Crippen LogP contribution in [-0.2, 0) is 12.8 Å². The number of carbonyl (C=O) groups is 1. The van der Waals surface area contributed by atoms with E-state index in [1.54, 1.807) is 44.6 Å². The zero-order valence-electron chi connectivity index (χ0n) is 18.7. The molecule has 3 aromatic carbocycles. The van der Waals surface area contributed by atoms with Crippen molar-refractivity contribution in [1.82, 2.24) is 14.8 Å². The molecule has 4 rings (SSSR count). The molecule has 174 valence electrons. The third-order valence-corrected chi connectivity index (χ3v) is 5.49. The van der Waals surface area contributed by atoms with Crippen LogP contribution in [0.2, 0.25) is 0 Å². The standard InChI is InChI=1S/C25H24N4O5/c1-33-18-9-4-15(5-10-18)3-6-16-13-20(22(31)14-21(16)30)24-27-28-25(23(26)32)29(24)17-7-11-19(34-2)12-8-17/h4-5,7-14,30-31H,3,6H2,1-2H3,(H2,26,32). The molecule has 0 aliphatic rings. The maximum absolute atomic E-state index is 12.0. The molecule has 0 saturated heterocycles. The zero-order chi connectivity index (χ0) is 24.2. The van der Waals surface area contributed by atoms with E-state index < -0.39 is 5.91 Å². The van der Waals surface area contributed by atoms with Gasteiger partial charge in [-0.2, -0.15) is 0 Å². The molecule has 0 unspecified atom stereocenters. The Morgan fingerprint density at radius 1 is 0.882 bits per heavy atom. The molecule has 0 fully saturated rings. The molecule has 0 bridgehead atoms. The van der Waals surface area contributed by atoms with Crippen molar-refractivity contribution in [1.29, 1.82) is 0 Å². The Morgan fingerprint density at radius 2 is 1.50 bits per heavy atom. The van der Waals surface area contributed by atoms with Crippen molar-refractivity contribution in [2.24, 2.45) is 5.73 Å². The van der Waals surface area contributed by atoms with Crippen LogP contribution in [0.5, 0.6) is 23.0 Å². The lowest BCUT2D eigenvalue weighted by molar-refractivity contribution is 0.0988. The zero-order valence-corrected chi connectivity index (χ0v) is 18.7. The molecule has 4 N–H and O–H groups in total. The maximum atomic E-state index is 12.0. The first kappa shape index (κ1) is 22.7. The van der Waals surface area contributed by atoms with Gasteiger partial charge in [0, 0.05) is 11.8 Å². The molecule has 4 aromatic rings. The summed E-state index contributed by atoms with van der Waals surface area (Å²) in [6.07, 6.45) is 1.16. The molecule has 9 heteroatoms. The van der Waals surface area contributed by atoms with Gasteiger partial charge in [-0.25, -0.2) is 0 Å². The second-order valence-electron chi connectivity index (χ2n) is 7.59. The second-order valence-corrected chi connectivity index (χ2v) is 7.59. The van der Waals surface area contributed by atoms with Crippen LogP contribution in [0, 0.1) is 0 Å².